The fourth-order valence-corrected chi connectivity index (χ4v) is 4.79. The van der Waals surface area contributed by atoms with Crippen molar-refractivity contribution in [3.63, 3.8) is 0 Å². The van der Waals surface area contributed by atoms with E-state index in [4.69, 9.17) is 25.9 Å². The molecule has 33 heavy (non-hydrogen) atoms. The molecule has 2 atom stereocenters. The van der Waals surface area contributed by atoms with Gasteiger partial charge in [-0.2, -0.15) is 5.06 Å². The minimum absolute atomic E-state index is 0.0842. The summed E-state index contributed by atoms with van der Waals surface area (Å²) in [6, 6.07) is 6.66. The maximum absolute atomic E-state index is 13.0. The molecule has 0 saturated carbocycles. The first-order valence-electron chi connectivity index (χ1n) is 11.5. The summed E-state index contributed by atoms with van der Waals surface area (Å²) in [6.07, 6.45) is 2.30. The maximum Gasteiger partial charge on any atom is 0.321 e. The van der Waals surface area contributed by atoms with Crippen molar-refractivity contribution in [3.8, 4) is 0 Å². The minimum atomic E-state index is -1.38. The number of rotatable bonds is 10. The van der Waals surface area contributed by atoms with E-state index in [9.17, 15) is 14.4 Å². The molecule has 7 nitrogen and oxygen atoms in total. The number of carbonyl (C=O) groups excluding carboxylic acids is 3. The van der Waals surface area contributed by atoms with Crippen LogP contribution in [0.25, 0.3) is 0 Å². The van der Waals surface area contributed by atoms with Crippen LogP contribution in [0.15, 0.2) is 24.3 Å². The van der Waals surface area contributed by atoms with Crippen molar-refractivity contribution in [1.82, 2.24) is 5.06 Å². The average molecular weight is 482 g/mol. The Hall–Kier alpha value is -1.96. The van der Waals surface area contributed by atoms with Crippen LogP contribution in [-0.4, -0.2) is 53.7 Å². The number of hydroxylamine groups is 2. The van der Waals surface area contributed by atoms with Gasteiger partial charge < -0.3 is 14.3 Å². The van der Waals surface area contributed by atoms with Crippen molar-refractivity contribution in [2.45, 2.75) is 83.9 Å². The van der Waals surface area contributed by atoms with Crippen LogP contribution in [0, 0.1) is 5.92 Å². The average Bonchev–Trinajstić information content (AvgIpc) is 2.73. The number of aldehydes is 1. The molecule has 0 spiro atoms. The molecule has 1 saturated heterocycles. The molecule has 0 N–H and O–H groups in total. The summed E-state index contributed by atoms with van der Waals surface area (Å²) in [4.78, 5) is 44.8. The SMILES string of the molecule is CCOC(=O)C(C(=O)OCC)[C@H](c1ccc(Cl)cc1)[C@@H](C=O)ON1C(C)(C)CCCC1(C)C. The van der Waals surface area contributed by atoms with Gasteiger partial charge in [-0.3, -0.25) is 14.4 Å². The Morgan fingerprint density at radius 2 is 1.48 bits per heavy atom. The van der Waals surface area contributed by atoms with Crippen LogP contribution in [0.4, 0.5) is 0 Å². The summed E-state index contributed by atoms with van der Waals surface area (Å²) in [5.74, 6) is -3.87. The van der Waals surface area contributed by atoms with Crippen LogP contribution >= 0.6 is 11.6 Å². The summed E-state index contributed by atoms with van der Waals surface area (Å²) in [7, 11) is 0. The Kier molecular flexibility index (Phi) is 9.47. The number of carbonyl (C=O) groups is 3. The third-order valence-electron chi connectivity index (χ3n) is 6.09. The smallest absolute Gasteiger partial charge is 0.321 e. The first-order chi connectivity index (χ1) is 15.5. The highest BCUT2D eigenvalue weighted by molar-refractivity contribution is 6.30. The van der Waals surface area contributed by atoms with Crippen LogP contribution in [0.1, 0.15) is 72.3 Å². The van der Waals surface area contributed by atoms with Gasteiger partial charge in [0.05, 0.1) is 13.2 Å². The van der Waals surface area contributed by atoms with E-state index in [-0.39, 0.29) is 24.3 Å². The van der Waals surface area contributed by atoms with E-state index in [1.165, 1.54) is 0 Å². The Morgan fingerprint density at radius 3 is 1.91 bits per heavy atom. The van der Waals surface area contributed by atoms with E-state index in [0.717, 1.165) is 19.3 Å². The number of esters is 2. The lowest BCUT2D eigenvalue weighted by Crippen LogP contribution is -2.60. The third kappa shape index (κ3) is 6.55. The number of ether oxygens (including phenoxy) is 2. The summed E-state index contributed by atoms with van der Waals surface area (Å²) in [5, 5.41) is 2.34. The van der Waals surface area contributed by atoms with Crippen LogP contribution in [-0.2, 0) is 28.7 Å². The number of piperidine rings is 1. The van der Waals surface area contributed by atoms with Gasteiger partial charge in [-0.05, 0) is 78.5 Å². The Bertz CT molecular complexity index is 789. The summed E-state index contributed by atoms with van der Waals surface area (Å²) in [5.41, 5.74) is -0.149. The van der Waals surface area contributed by atoms with Crippen molar-refractivity contribution in [2.75, 3.05) is 13.2 Å². The fraction of sp³-hybridized carbons (Fsp3) is 0.640. The number of nitrogens with zero attached hydrogens (tertiary/aromatic N) is 1. The molecule has 8 heteroatoms. The number of hydrogen-bond acceptors (Lipinski definition) is 7. The lowest BCUT2D eigenvalue weighted by molar-refractivity contribution is -0.300. The minimum Gasteiger partial charge on any atom is -0.465 e. The van der Waals surface area contributed by atoms with E-state index in [1.54, 1.807) is 38.1 Å². The molecule has 1 aromatic carbocycles. The molecule has 1 heterocycles. The Labute approximate surface area is 201 Å². The zero-order valence-electron chi connectivity index (χ0n) is 20.4. The molecule has 1 aliphatic rings. The largest absolute Gasteiger partial charge is 0.465 e. The molecule has 2 rings (SSSR count). The zero-order valence-corrected chi connectivity index (χ0v) is 21.2. The van der Waals surface area contributed by atoms with E-state index in [1.807, 2.05) is 5.06 Å². The second kappa shape index (κ2) is 11.4. The molecule has 0 aromatic heterocycles. The van der Waals surface area contributed by atoms with Gasteiger partial charge in [0.15, 0.2) is 12.2 Å². The van der Waals surface area contributed by atoms with E-state index >= 15 is 0 Å². The lowest BCUT2D eigenvalue weighted by Gasteiger charge is -2.52. The quantitative estimate of drug-likeness (QED) is 0.272. The molecule has 0 aliphatic carbocycles. The molecule has 1 aliphatic heterocycles. The van der Waals surface area contributed by atoms with Gasteiger partial charge in [-0.15, -0.1) is 0 Å². The topological polar surface area (TPSA) is 82.1 Å². The van der Waals surface area contributed by atoms with Gasteiger partial charge in [0, 0.05) is 22.0 Å². The Balaban J connectivity index is 2.58. The fourth-order valence-electron chi connectivity index (χ4n) is 4.67. The molecule has 0 amide bonds. The van der Waals surface area contributed by atoms with Crippen LogP contribution in [0.5, 0.6) is 0 Å². The van der Waals surface area contributed by atoms with Crippen molar-refractivity contribution < 1.29 is 28.7 Å². The standard InChI is InChI=1S/C25H36ClNO6/c1-7-31-22(29)21(23(30)32-8-2)20(17-10-12-18(26)13-11-17)19(16-28)33-27-24(3,4)14-9-15-25(27,5)6/h10-13,16,19-21H,7-9,14-15H2,1-6H3/t19-,20-/m1/s1. The number of hydrogen-bond donors (Lipinski definition) is 0. The molecule has 0 bridgehead atoms. The summed E-state index contributed by atoms with van der Waals surface area (Å²) < 4.78 is 10.4. The number of benzene rings is 1. The first kappa shape index (κ1) is 27.3. The predicted octanol–water partition coefficient (Wildman–Crippen LogP) is 4.71. The van der Waals surface area contributed by atoms with Crippen molar-refractivity contribution >= 4 is 29.8 Å². The van der Waals surface area contributed by atoms with Crippen molar-refractivity contribution in [1.29, 1.82) is 0 Å². The molecule has 0 radical (unpaired) electrons. The molecule has 0 unspecified atom stereocenters. The molecule has 1 aromatic rings. The van der Waals surface area contributed by atoms with E-state index < -0.39 is 29.9 Å². The second-order valence-electron chi connectivity index (χ2n) is 9.54. The molecule has 184 valence electrons. The Morgan fingerprint density at radius 1 is 1.00 bits per heavy atom. The zero-order chi connectivity index (χ0) is 24.8. The van der Waals surface area contributed by atoms with Crippen LogP contribution < -0.4 is 0 Å². The molecule has 1 fully saturated rings. The second-order valence-corrected chi connectivity index (χ2v) is 9.97. The summed E-state index contributed by atoms with van der Waals surface area (Å²) >= 11 is 6.07. The maximum atomic E-state index is 13.0. The van der Waals surface area contributed by atoms with Gasteiger partial charge in [0.2, 0.25) is 0 Å². The highest BCUT2D eigenvalue weighted by Gasteiger charge is 2.48. The monoisotopic (exact) mass is 481 g/mol. The normalized spacial score (nSPS) is 19.5. The van der Waals surface area contributed by atoms with Gasteiger partial charge in [0.1, 0.15) is 6.10 Å². The van der Waals surface area contributed by atoms with E-state index in [0.29, 0.717) is 16.9 Å². The first-order valence-corrected chi connectivity index (χ1v) is 11.9. The van der Waals surface area contributed by atoms with Crippen LogP contribution in [0.3, 0.4) is 0 Å². The van der Waals surface area contributed by atoms with Crippen LogP contribution in [0.2, 0.25) is 5.02 Å². The third-order valence-corrected chi connectivity index (χ3v) is 6.34. The van der Waals surface area contributed by atoms with E-state index in [2.05, 4.69) is 27.7 Å². The highest BCUT2D eigenvalue weighted by Crippen LogP contribution is 2.41. The van der Waals surface area contributed by atoms with Crippen molar-refractivity contribution in [3.05, 3.63) is 34.9 Å². The van der Waals surface area contributed by atoms with Gasteiger partial charge >= 0.3 is 11.9 Å². The number of halogens is 1. The van der Waals surface area contributed by atoms with Crippen molar-refractivity contribution in [2.24, 2.45) is 5.92 Å². The van der Waals surface area contributed by atoms with Gasteiger partial charge in [0.25, 0.3) is 0 Å². The highest BCUT2D eigenvalue weighted by atomic mass is 35.5. The van der Waals surface area contributed by atoms with Gasteiger partial charge in [-0.1, -0.05) is 23.7 Å². The predicted molar refractivity (Wildman–Crippen MR) is 126 cm³/mol. The lowest BCUT2D eigenvalue weighted by atomic mass is 9.81. The van der Waals surface area contributed by atoms with Gasteiger partial charge in [-0.25, -0.2) is 0 Å². The summed E-state index contributed by atoms with van der Waals surface area (Å²) in [6.45, 7) is 11.7. The molecular formula is C25H36ClNO6. The molecular weight excluding hydrogens is 446 g/mol.